The highest BCUT2D eigenvalue weighted by molar-refractivity contribution is 7.99. The highest BCUT2D eigenvalue weighted by Crippen LogP contribution is 2.28. The van der Waals surface area contributed by atoms with Crippen molar-refractivity contribution >= 4 is 27.7 Å². The van der Waals surface area contributed by atoms with Gasteiger partial charge in [-0.25, -0.2) is 12.7 Å². The molecule has 1 heterocycles. The molecule has 0 aromatic rings. The van der Waals surface area contributed by atoms with Gasteiger partial charge in [0.15, 0.2) is 5.96 Å². The first-order valence-corrected chi connectivity index (χ1v) is 12.1. The maximum atomic E-state index is 11.6. The van der Waals surface area contributed by atoms with Crippen molar-refractivity contribution in [3.05, 3.63) is 0 Å². The fourth-order valence-corrected chi connectivity index (χ4v) is 5.11. The van der Waals surface area contributed by atoms with E-state index in [1.165, 1.54) is 25.5 Å². The van der Waals surface area contributed by atoms with Crippen LogP contribution in [0, 0.1) is 5.92 Å². The van der Waals surface area contributed by atoms with Crippen molar-refractivity contribution in [3.63, 3.8) is 0 Å². The van der Waals surface area contributed by atoms with Gasteiger partial charge in [0, 0.05) is 37.5 Å². The van der Waals surface area contributed by atoms with E-state index in [4.69, 9.17) is 4.99 Å². The molecule has 24 heavy (non-hydrogen) atoms. The van der Waals surface area contributed by atoms with Crippen molar-refractivity contribution in [2.75, 3.05) is 38.7 Å². The third kappa shape index (κ3) is 6.11. The Hall–Kier alpha value is -0.470. The maximum Gasteiger partial charge on any atom is 0.211 e. The molecule has 2 fully saturated rings. The van der Waals surface area contributed by atoms with Crippen molar-refractivity contribution in [1.82, 2.24) is 14.9 Å². The first-order valence-electron chi connectivity index (χ1n) is 8.95. The van der Waals surface area contributed by atoms with E-state index < -0.39 is 10.0 Å². The van der Waals surface area contributed by atoms with Crippen molar-refractivity contribution < 1.29 is 8.42 Å². The second kappa shape index (κ2) is 9.29. The molecule has 0 amide bonds. The van der Waals surface area contributed by atoms with E-state index >= 15 is 0 Å². The fourth-order valence-electron chi connectivity index (χ4n) is 3.44. The molecule has 0 aromatic carbocycles. The Labute approximate surface area is 151 Å². The zero-order chi connectivity index (χ0) is 17.6. The fraction of sp³-hybridized carbons (Fsp3) is 0.938. The molecule has 8 heteroatoms. The number of hydrogen-bond acceptors (Lipinski definition) is 4. The van der Waals surface area contributed by atoms with Gasteiger partial charge >= 0.3 is 0 Å². The average Bonchev–Trinajstić information content (AvgIpc) is 3.00. The van der Waals surface area contributed by atoms with Crippen LogP contribution in [0.25, 0.3) is 0 Å². The number of guanidine groups is 1. The van der Waals surface area contributed by atoms with Gasteiger partial charge in [-0.05, 0) is 51.2 Å². The lowest BCUT2D eigenvalue weighted by atomic mass is 9.98. The van der Waals surface area contributed by atoms with Crippen LogP contribution in [0.5, 0.6) is 0 Å². The van der Waals surface area contributed by atoms with E-state index in [9.17, 15) is 8.42 Å². The summed E-state index contributed by atoms with van der Waals surface area (Å²) in [5.41, 5.74) is 0. The standard InChI is InChI=1S/C16H32N4O2S2/c1-4-17-16(19-14-5-6-15(11-14)23-2)18-12-13-7-9-20(10-8-13)24(3,21)22/h13-15H,4-12H2,1-3H3,(H2,17,18,19). The van der Waals surface area contributed by atoms with Crippen LogP contribution in [0.15, 0.2) is 4.99 Å². The van der Waals surface area contributed by atoms with Gasteiger partial charge in [-0.15, -0.1) is 0 Å². The van der Waals surface area contributed by atoms with E-state index in [1.807, 2.05) is 11.8 Å². The molecule has 1 saturated heterocycles. The van der Waals surface area contributed by atoms with E-state index in [1.54, 1.807) is 4.31 Å². The minimum atomic E-state index is -3.04. The Kier molecular flexibility index (Phi) is 7.68. The van der Waals surface area contributed by atoms with E-state index in [0.29, 0.717) is 25.0 Å². The lowest BCUT2D eigenvalue weighted by molar-refractivity contribution is 0.280. The smallest absolute Gasteiger partial charge is 0.211 e. The summed E-state index contributed by atoms with van der Waals surface area (Å²) in [6.45, 7) is 4.96. The van der Waals surface area contributed by atoms with Gasteiger partial charge in [0.2, 0.25) is 10.0 Å². The molecule has 0 spiro atoms. The lowest BCUT2D eigenvalue weighted by Gasteiger charge is -2.29. The molecule has 140 valence electrons. The first kappa shape index (κ1) is 19.8. The first-order chi connectivity index (χ1) is 11.4. The van der Waals surface area contributed by atoms with Gasteiger partial charge in [-0.3, -0.25) is 4.99 Å². The topological polar surface area (TPSA) is 73.8 Å². The highest BCUT2D eigenvalue weighted by atomic mass is 32.2. The molecular weight excluding hydrogens is 344 g/mol. The van der Waals surface area contributed by atoms with Crippen LogP contribution in [-0.2, 0) is 10.0 Å². The second-order valence-corrected chi connectivity index (χ2v) is 9.96. The molecule has 6 nitrogen and oxygen atoms in total. The second-order valence-electron chi connectivity index (χ2n) is 6.84. The molecule has 2 rings (SSSR count). The molecule has 0 bridgehead atoms. The van der Waals surface area contributed by atoms with Crippen molar-refractivity contribution in [2.45, 2.75) is 50.3 Å². The van der Waals surface area contributed by atoms with Crippen molar-refractivity contribution in [1.29, 1.82) is 0 Å². The largest absolute Gasteiger partial charge is 0.357 e. The number of nitrogens with one attached hydrogen (secondary N) is 2. The predicted octanol–water partition coefficient (Wildman–Crippen LogP) is 1.50. The van der Waals surface area contributed by atoms with Crippen molar-refractivity contribution in [2.24, 2.45) is 10.9 Å². The summed E-state index contributed by atoms with van der Waals surface area (Å²) < 4.78 is 24.7. The Morgan fingerprint density at radius 1 is 1.25 bits per heavy atom. The minimum Gasteiger partial charge on any atom is -0.357 e. The third-order valence-electron chi connectivity index (χ3n) is 4.95. The van der Waals surface area contributed by atoms with E-state index in [-0.39, 0.29) is 0 Å². The summed E-state index contributed by atoms with van der Waals surface area (Å²) >= 11 is 1.96. The van der Waals surface area contributed by atoms with Gasteiger partial charge in [0.1, 0.15) is 0 Å². The number of rotatable bonds is 6. The summed E-state index contributed by atoms with van der Waals surface area (Å²) in [6.07, 6.45) is 8.97. The van der Waals surface area contributed by atoms with Crippen LogP contribution in [-0.4, -0.2) is 68.7 Å². The van der Waals surface area contributed by atoms with Crippen LogP contribution in [0.3, 0.4) is 0 Å². The highest BCUT2D eigenvalue weighted by Gasteiger charge is 2.26. The number of sulfonamides is 1. The summed E-state index contributed by atoms with van der Waals surface area (Å²) in [7, 11) is -3.04. The van der Waals surface area contributed by atoms with Crippen LogP contribution < -0.4 is 10.6 Å². The zero-order valence-electron chi connectivity index (χ0n) is 15.1. The molecule has 2 aliphatic rings. The van der Waals surface area contributed by atoms with Crippen LogP contribution in [0.2, 0.25) is 0 Å². The predicted molar refractivity (Wildman–Crippen MR) is 103 cm³/mol. The molecule has 1 saturated carbocycles. The molecule has 1 aliphatic heterocycles. The Morgan fingerprint density at radius 3 is 2.50 bits per heavy atom. The van der Waals surface area contributed by atoms with Gasteiger partial charge in [-0.1, -0.05) is 0 Å². The van der Waals surface area contributed by atoms with Crippen molar-refractivity contribution in [3.8, 4) is 0 Å². The molecule has 0 radical (unpaired) electrons. The van der Waals surface area contributed by atoms with Crippen LogP contribution >= 0.6 is 11.8 Å². The zero-order valence-corrected chi connectivity index (χ0v) is 16.8. The quantitative estimate of drug-likeness (QED) is 0.543. The minimum absolute atomic E-state index is 0.473. The number of piperidine rings is 1. The molecular formula is C16H32N4O2S2. The molecule has 0 aromatic heterocycles. The molecule has 2 unspecified atom stereocenters. The van der Waals surface area contributed by atoms with E-state index in [0.717, 1.165) is 37.1 Å². The van der Waals surface area contributed by atoms with Crippen LogP contribution in [0.1, 0.15) is 39.0 Å². The summed E-state index contributed by atoms with van der Waals surface area (Å²) in [5.74, 6) is 1.38. The molecule has 2 atom stereocenters. The Bertz CT molecular complexity index is 516. The summed E-state index contributed by atoms with van der Waals surface area (Å²) in [4.78, 5) is 4.76. The molecule has 2 N–H and O–H groups in total. The van der Waals surface area contributed by atoms with Gasteiger partial charge in [0.25, 0.3) is 0 Å². The summed E-state index contributed by atoms with van der Waals surface area (Å²) in [6, 6.07) is 0.521. The monoisotopic (exact) mass is 376 g/mol. The van der Waals surface area contributed by atoms with Gasteiger partial charge < -0.3 is 10.6 Å². The number of aliphatic imine (C=N–C) groups is 1. The summed E-state index contributed by atoms with van der Waals surface area (Å²) in [5, 5.41) is 7.68. The normalized spacial score (nSPS) is 27.4. The van der Waals surface area contributed by atoms with Gasteiger partial charge in [0.05, 0.1) is 6.26 Å². The average molecular weight is 377 g/mol. The number of hydrogen-bond donors (Lipinski definition) is 2. The Morgan fingerprint density at radius 2 is 1.96 bits per heavy atom. The Balaban J connectivity index is 1.81. The van der Waals surface area contributed by atoms with Gasteiger partial charge in [-0.2, -0.15) is 11.8 Å². The lowest BCUT2D eigenvalue weighted by Crippen LogP contribution is -2.43. The third-order valence-corrected chi connectivity index (χ3v) is 7.35. The molecule has 1 aliphatic carbocycles. The number of thioether (sulfide) groups is 1. The van der Waals surface area contributed by atoms with E-state index in [2.05, 4.69) is 23.8 Å². The number of nitrogens with zero attached hydrogens (tertiary/aromatic N) is 2. The SMILES string of the molecule is CCNC(=NCC1CCN(S(C)(=O)=O)CC1)NC1CCC(SC)C1. The maximum absolute atomic E-state index is 11.6. The van der Waals surface area contributed by atoms with Crippen LogP contribution in [0.4, 0.5) is 0 Å².